The first-order chi connectivity index (χ1) is 20.9. The third-order valence-corrected chi connectivity index (χ3v) is 6.79. The Balaban J connectivity index is 1.29. The van der Waals surface area contributed by atoms with E-state index >= 15 is 0 Å². The van der Waals surface area contributed by atoms with Crippen LogP contribution in [0.25, 0.3) is 12.2 Å². The monoisotopic (exact) mass is 592 g/mol. The van der Waals surface area contributed by atoms with Crippen molar-refractivity contribution in [3.63, 3.8) is 0 Å². The molecule has 0 aromatic heterocycles. The summed E-state index contributed by atoms with van der Waals surface area (Å²) in [4.78, 5) is 52.9. The van der Waals surface area contributed by atoms with Gasteiger partial charge in [0.25, 0.3) is 0 Å². The first-order valence-corrected chi connectivity index (χ1v) is 14.0. The minimum Gasteiger partial charge on any atom is -0.493 e. The fraction of sp³-hybridized carbons (Fsp3) is 0.355. The third-order valence-electron chi connectivity index (χ3n) is 6.79. The van der Waals surface area contributed by atoms with Gasteiger partial charge >= 0.3 is 12.2 Å². The Labute approximate surface area is 250 Å². The van der Waals surface area contributed by atoms with Crippen LogP contribution in [0.3, 0.4) is 0 Å². The quantitative estimate of drug-likeness (QED) is 0.313. The number of benzene rings is 2. The number of carbonyl (C=O) groups is 4. The van der Waals surface area contributed by atoms with Gasteiger partial charge in [0.2, 0.25) is 0 Å². The van der Waals surface area contributed by atoms with E-state index in [-0.39, 0.29) is 29.5 Å². The van der Waals surface area contributed by atoms with Gasteiger partial charge in [-0.15, -0.1) is 0 Å². The third kappa shape index (κ3) is 9.15. The molecule has 0 unspecified atom stereocenters. The van der Waals surface area contributed by atoms with E-state index in [0.717, 1.165) is 0 Å². The lowest BCUT2D eigenvalue weighted by atomic mass is 10.1. The molecule has 2 heterocycles. The molecule has 2 amide bonds. The fourth-order valence-electron chi connectivity index (χ4n) is 4.42. The van der Waals surface area contributed by atoms with Crippen molar-refractivity contribution in [2.24, 2.45) is 0 Å². The van der Waals surface area contributed by atoms with E-state index in [1.54, 1.807) is 58.4 Å². The molecule has 4 rings (SSSR count). The Morgan fingerprint density at radius 2 is 1.05 bits per heavy atom. The molecule has 0 atom stereocenters. The molecule has 2 aliphatic rings. The average Bonchev–Trinajstić information content (AvgIpc) is 3.04. The lowest BCUT2D eigenvalue weighted by Gasteiger charge is -2.26. The number of nitrogens with zero attached hydrogens (tertiary/aromatic N) is 2. The minimum absolute atomic E-state index is 0.275. The summed E-state index contributed by atoms with van der Waals surface area (Å²) in [7, 11) is 2.93. The van der Waals surface area contributed by atoms with Gasteiger partial charge in [0.1, 0.15) is 0 Å². The lowest BCUT2D eigenvalue weighted by molar-refractivity contribution is -0.121. The van der Waals surface area contributed by atoms with E-state index in [4.69, 9.17) is 18.9 Å². The Hall–Kier alpha value is -4.68. The summed E-state index contributed by atoms with van der Waals surface area (Å²) < 4.78 is 21.7. The van der Waals surface area contributed by atoms with E-state index in [9.17, 15) is 19.2 Å². The van der Waals surface area contributed by atoms with Crippen LogP contribution in [0.2, 0.25) is 0 Å². The Morgan fingerprint density at radius 3 is 1.42 bits per heavy atom. The number of amides is 2. The van der Waals surface area contributed by atoms with Crippen molar-refractivity contribution in [1.82, 2.24) is 20.4 Å². The Morgan fingerprint density at radius 1 is 0.651 bits per heavy atom. The van der Waals surface area contributed by atoms with Crippen LogP contribution < -0.4 is 29.6 Å². The molecular formula is C31H36N4O8. The molecule has 12 heteroatoms. The second kappa shape index (κ2) is 15.5. The highest BCUT2D eigenvalue weighted by Gasteiger charge is 2.21. The summed E-state index contributed by atoms with van der Waals surface area (Å²) in [6.45, 7) is 5.08. The molecule has 228 valence electrons. The predicted octanol–water partition coefficient (Wildman–Crippen LogP) is 2.77. The van der Waals surface area contributed by atoms with Crippen molar-refractivity contribution >= 4 is 35.9 Å². The highest BCUT2D eigenvalue weighted by Crippen LogP contribution is 2.30. The minimum atomic E-state index is -0.450. The number of piperazine rings is 2. The van der Waals surface area contributed by atoms with Gasteiger partial charge < -0.3 is 39.4 Å². The number of hydrogen-bond donors (Lipinski definition) is 2. The second-order valence-corrected chi connectivity index (χ2v) is 9.81. The number of ether oxygens (including phenoxy) is 4. The summed E-state index contributed by atoms with van der Waals surface area (Å²) in [5, 5.41) is 6.36. The summed E-state index contributed by atoms with van der Waals surface area (Å²) in [5.41, 5.74) is 1.28. The van der Waals surface area contributed by atoms with Crippen molar-refractivity contribution in [2.75, 3.05) is 66.6 Å². The number of carbonyl (C=O) groups excluding carboxylic acids is 4. The van der Waals surface area contributed by atoms with Crippen LogP contribution in [0.5, 0.6) is 23.0 Å². The number of nitrogens with one attached hydrogen (secondary N) is 2. The molecule has 2 fully saturated rings. The van der Waals surface area contributed by atoms with Crippen LogP contribution in [0.4, 0.5) is 9.59 Å². The molecular weight excluding hydrogens is 556 g/mol. The fourth-order valence-corrected chi connectivity index (χ4v) is 4.42. The zero-order valence-corrected chi connectivity index (χ0v) is 24.3. The van der Waals surface area contributed by atoms with Gasteiger partial charge in [-0.1, -0.05) is 24.3 Å². The maximum Gasteiger partial charge on any atom is 0.415 e. The molecule has 0 spiro atoms. The number of rotatable bonds is 10. The molecule has 2 aromatic rings. The lowest BCUT2D eigenvalue weighted by Crippen LogP contribution is -2.47. The van der Waals surface area contributed by atoms with E-state index in [2.05, 4.69) is 10.6 Å². The van der Waals surface area contributed by atoms with Crippen LogP contribution >= 0.6 is 0 Å². The van der Waals surface area contributed by atoms with Gasteiger partial charge in [0.15, 0.2) is 34.6 Å². The zero-order chi connectivity index (χ0) is 30.6. The van der Waals surface area contributed by atoms with Crippen molar-refractivity contribution in [3.05, 3.63) is 59.7 Å². The molecule has 0 bridgehead atoms. The summed E-state index contributed by atoms with van der Waals surface area (Å²) in [6, 6.07) is 9.86. The van der Waals surface area contributed by atoms with Crippen molar-refractivity contribution < 1.29 is 38.1 Å². The smallest absolute Gasteiger partial charge is 0.415 e. The molecule has 43 heavy (non-hydrogen) atoms. The largest absolute Gasteiger partial charge is 0.493 e. The van der Waals surface area contributed by atoms with Gasteiger partial charge in [0, 0.05) is 52.4 Å². The Kier molecular flexibility index (Phi) is 11.3. The van der Waals surface area contributed by atoms with E-state index in [1.165, 1.54) is 26.4 Å². The van der Waals surface area contributed by atoms with Crippen LogP contribution in [-0.4, -0.2) is 100 Å². The normalized spacial score (nSPS) is 15.4. The number of ketones is 2. The maximum absolute atomic E-state index is 12.4. The number of allylic oxidation sites excluding steroid dienone is 2. The first-order valence-electron chi connectivity index (χ1n) is 14.0. The van der Waals surface area contributed by atoms with Crippen molar-refractivity contribution in [1.29, 1.82) is 0 Å². The molecule has 2 aromatic carbocycles. The maximum atomic E-state index is 12.4. The molecule has 0 aliphatic carbocycles. The number of hydrogen-bond acceptors (Lipinski definition) is 10. The van der Waals surface area contributed by atoms with Crippen molar-refractivity contribution in [2.45, 2.75) is 6.42 Å². The molecule has 0 saturated carbocycles. The van der Waals surface area contributed by atoms with E-state index < -0.39 is 12.2 Å². The number of methoxy groups -OCH3 is 2. The molecule has 2 N–H and O–H groups in total. The standard InChI is InChI=1S/C31H36N4O8/c1-40-28-19-22(5-9-26(28)42-30(38)34-15-11-32-12-16-34)3-7-24(36)21-25(37)8-4-23-6-10-27(29(20-23)41-2)43-31(39)35-17-13-33-14-18-35/h3-10,19-20,32-33H,11-18,21H2,1-2H3. The van der Waals surface area contributed by atoms with Crippen LogP contribution in [0, 0.1) is 0 Å². The van der Waals surface area contributed by atoms with Crippen LogP contribution in [0.1, 0.15) is 17.5 Å². The van der Waals surface area contributed by atoms with Gasteiger partial charge in [-0.2, -0.15) is 0 Å². The van der Waals surface area contributed by atoms with Gasteiger partial charge in [-0.25, -0.2) is 9.59 Å². The Bertz CT molecular complexity index is 1270. The highest BCUT2D eigenvalue weighted by atomic mass is 16.6. The molecule has 0 radical (unpaired) electrons. The topological polar surface area (TPSA) is 136 Å². The predicted molar refractivity (Wildman–Crippen MR) is 160 cm³/mol. The van der Waals surface area contributed by atoms with Crippen LogP contribution in [-0.2, 0) is 9.59 Å². The summed E-state index contributed by atoms with van der Waals surface area (Å²) >= 11 is 0. The second-order valence-electron chi connectivity index (χ2n) is 9.81. The van der Waals surface area contributed by atoms with Gasteiger partial charge in [0.05, 0.1) is 20.6 Å². The van der Waals surface area contributed by atoms with E-state index in [1.807, 2.05) is 0 Å². The molecule has 2 aliphatic heterocycles. The zero-order valence-electron chi connectivity index (χ0n) is 24.3. The SMILES string of the molecule is COc1cc(C=CC(=O)CC(=O)C=Cc2ccc(OC(=O)N3CCNCC3)c(OC)c2)ccc1OC(=O)N1CCNCC1. The summed E-state index contributed by atoms with van der Waals surface area (Å²) in [6.07, 6.45) is 4.54. The molecule has 12 nitrogen and oxygen atoms in total. The van der Waals surface area contributed by atoms with Gasteiger partial charge in [-0.3, -0.25) is 9.59 Å². The van der Waals surface area contributed by atoms with Crippen LogP contribution in [0.15, 0.2) is 48.6 Å². The first kappa shape index (κ1) is 31.3. The summed E-state index contributed by atoms with van der Waals surface area (Å²) in [5.74, 6) is 0.481. The van der Waals surface area contributed by atoms with E-state index in [0.29, 0.717) is 75.0 Å². The van der Waals surface area contributed by atoms with Crippen molar-refractivity contribution in [3.8, 4) is 23.0 Å². The molecule has 2 saturated heterocycles. The highest BCUT2D eigenvalue weighted by molar-refractivity contribution is 6.10. The average molecular weight is 593 g/mol. The van der Waals surface area contributed by atoms with Gasteiger partial charge in [-0.05, 0) is 47.5 Å².